The summed E-state index contributed by atoms with van der Waals surface area (Å²) in [5, 5.41) is 5.74. The van der Waals surface area contributed by atoms with Gasteiger partial charge in [0.25, 0.3) is 0 Å². The van der Waals surface area contributed by atoms with E-state index in [1.165, 1.54) is 0 Å². The number of amides is 2. The molecule has 0 fully saturated rings. The molecule has 6 nitrogen and oxygen atoms in total. The van der Waals surface area contributed by atoms with Crippen molar-refractivity contribution < 1.29 is 19.1 Å². The molecule has 2 N–H and O–H groups in total. The summed E-state index contributed by atoms with van der Waals surface area (Å²) >= 11 is 0. The number of rotatable bonds is 11. The van der Waals surface area contributed by atoms with Gasteiger partial charge in [-0.1, -0.05) is 19.1 Å². The molecule has 0 aliphatic rings. The maximum atomic E-state index is 12.0. The largest absolute Gasteiger partial charge is 0.497 e. The van der Waals surface area contributed by atoms with Crippen LogP contribution in [0.25, 0.3) is 0 Å². The van der Waals surface area contributed by atoms with E-state index in [2.05, 4.69) is 10.6 Å². The highest BCUT2D eigenvalue weighted by molar-refractivity contribution is 5.90. The van der Waals surface area contributed by atoms with Crippen LogP contribution in [0.4, 0.5) is 5.69 Å². The molecule has 0 heterocycles. The average molecular weight is 384 g/mol. The molecule has 0 aromatic heterocycles. The highest BCUT2D eigenvalue weighted by Gasteiger charge is 2.04. The van der Waals surface area contributed by atoms with Crippen molar-refractivity contribution in [1.29, 1.82) is 0 Å². The van der Waals surface area contributed by atoms with Crippen LogP contribution in [0, 0.1) is 0 Å². The van der Waals surface area contributed by atoms with Crippen molar-refractivity contribution in [1.82, 2.24) is 5.32 Å². The summed E-state index contributed by atoms with van der Waals surface area (Å²) in [4.78, 5) is 23.5. The smallest absolute Gasteiger partial charge is 0.224 e. The Hall–Kier alpha value is -3.02. The van der Waals surface area contributed by atoms with Crippen LogP contribution in [0.1, 0.15) is 38.2 Å². The highest BCUT2D eigenvalue weighted by atomic mass is 16.5. The summed E-state index contributed by atoms with van der Waals surface area (Å²) in [5.74, 6) is 1.54. The molecule has 0 radical (unpaired) electrons. The zero-order chi connectivity index (χ0) is 20.2. The van der Waals surface area contributed by atoms with Crippen molar-refractivity contribution in [3.05, 3.63) is 54.1 Å². The van der Waals surface area contributed by atoms with E-state index >= 15 is 0 Å². The van der Waals surface area contributed by atoms with E-state index < -0.39 is 0 Å². The summed E-state index contributed by atoms with van der Waals surface area (Å²) < 4.78 is 10.7. The summed E-state index contributed by atoms with van der Waals surface area (Å²) in [6.07, 6.45) is 2.38. The Kier molecular flexibility index (Phi) is 8.85. The fourth-order valence-corrected chi connectivity index (χ4v) is 2.54. The summed E-state index contributed by atoms with van der Waals surface area (Å²) in [5.41, 5.74) is 1.75. The first-order valence-electron chi connectivity index (χ1n) is 9.53. The number of ether oxygens (including phenoxy) is 2. The van der Waals surface area contributed by atoms with Crippen LogP contribution < -0.4 is 20.1 Å². The van der Waals surface area contributed by atoms with E-state index in [4.69, 9.17) is 9.47 Å². The Bertz CT molecular complexity index is 742. The lowest BCUT2D eigenvalue weighted by molar-refractivity contribution is -0.121. The Morgan fingerprint density at radius 2 is 1.57 bits per heavy atom. The normalized spacial score (nSPS) is 10.2. The maximum absolute atomic E-state index is 12.0. The molecule has 2 rings (SSSR count). The Morgan fingerprint density at radius 1 is 0.893 bits per heavy atom. The summed E-state index contributed by atoms with van der Waals surface area (Å²) in [7, 11) is 1.62. The lowest BCUT2D eigenvalue weighted by Crippen LogP contribution is -2.23. The SMILES string of the molecule is CCCC(=O)Nc1ccc(CNC(=O)CCCOc2ccc(OC)cc2)cc1. The predicted octanol–water partition coefficient (Wildman–Crippen LogP) is 3.91. The second kappa shape index (κ2) is 11.6. The van der Waals surface area contributed by atoms with E-state index in [1.54, 1.807) is 7.11 Å². The van der Waals surface area contributed by atoms with Gasteiger partial charge in [-0.15, -0.1) is 0 Å². The molecule has 0 atom stereocenters. The van der Waals surface area contributed by atoms with Gasteiger partial charge in [0.15, 0.2) is 0 Å². The van der Waals surface area contributed by atoms with E-state index in [9.17, 15) is 9.59 Å². The topological polar surface area (TPSA) is 76.7 Å². The minimum Gasteiger partial charge on any atom is -0.497 e. The van der Waals surface area contributed by atoms with Crippen LogP contribution in [0.15, 0.2) is 48.5 Å². The monoisotopic (exact) mass is 384 g/mol. The number of anilines is 1. The Balaban J connectivity index is 1.63. The van der Waals surface area contributed by atoms with Crippen molar-refractivity contribution in [3.63, 3.8) is 0 Å². The molecular weight excluding hydrogens is 356 g/mol. The van der Waals surface area contributed by atoms with Crippen molar-refractivity contribution in [2.45, 2.75) is 39.2 Å². The zero-order valence-corrected chi connectivity index (χ0v) is 16.5. The van der Waals surface area contributed by atoms with Gasteiger partial charge in [0.1, 0.15) is 11.5 Å². The van der Waals surface area contributed by atoms with Gasteiger partial charge in [-0.05, 0) is 54.8 Å². The van der Waals surface area contributed by atoms with Gasteiger partial charge in [0.05, 0.1) is 13.7 Å². The molecule has 2 amide bonds. The molecule has 0 saturated carbocycles. The minimum atomic E-state index is -0.0151. The average Bonchev–Trinajstić information content (AvgIpc) is 2.71. The molecule has 0 spiro atoms. The van der Waals surface area contributed by atoms with Crippen molar-refractivity contribution >= 4 is 17.5 Å². The van der Waals surface area contributed by atoms with Crippen LogP contribution >= 0.6 is 0 Å². The first-order chi connectivity index (χ1) is 13.6. The minimum absolute atomic E-state index is 0.0143. The molecule has 0 unspecified atom stereocenters. The molecule has 0 saturated heterocycles. The number of carbonyl (C=O) groups is 2. The molecule has 6 heteroatoms. The van der Waals surface area contributed by atoms with Gasteiger partial charge in [-0.25, -0.2) is 0 Å². The van der Waals surface area contributed by atoms with E-state index in [1.807, 2.05) is 55.5 Å². The lowest BCUT2D eigenvalue weighted by atomic mass is 10.2. The number of methoxy groups -OCH3 is 1. The van der Waals surface area contributed by atoms with E-state index in [-0.39, 0.29) is 11.8 Å². The zero-order valence-electron chi connectivity index (χ0n) is 16.5. The number of hydrogen-bond acceptors (Lipinski definition) is 4. The molecule has 2 aromatic rings. The highest BCUT2D eigenvalue weighted by Crippen LogP contribution is 2.17. The third-order valence-electron chi connectivity index (χ3n) is 4.08. The van der Waals surface area contributed by atoms with E-state index in [0.29, 0.717) is 32.4 Å². The quantitative estimate of drug-likeness (QED) is 0.576. The van der Waals surface area contributed by atoms with E-state index in [0.717, 1.165) is 29.2 Å². The lowest BCUT2D eigenvalue weighted by Gasteiger charge is -2.09. The molecule has 0 bridgehead atoms. The van der Waals surface area contributed by atoms with Crippen molar-refractivity contribution in [2.24, 2.45) is 0 Å². The molecular formula is C22H28N2O4. The van der Waals surface area contributed by atoms with Crippen LogP contribution in [0.5, 0.6) is 11.5 Å². The molecule has 28 heavy (non-hydrogen) atoms. The molecule has 0 aliphatic carbocycles. The Labute approximate surface area is 166 Å². The summed E-state index contributed by atoms with van der Waals surface area (Å²) in [6, 6.07) is 14.8. The van der Waals surface area contributed by atoms with Crippen LogP contribution in [-0.2, 0) is 16.1 Å². The Morgan fingerprint density at radius 3 is 2.21 bits per heavy atom. The number of carbonyl (C=O) groups excluding carboxylic acids is 2. The first-order valence-corrected chi connectivity index (χ1v) is 9.53. The van der Waals surface area contributed by atoms with Gasteiger partial charge in [-0.3, -0.25) is 9.59 Å². The second-order valence-electron chi connectivity index (χ2n) is 6.40. The second-order valence-corrected chi connectivity index (χ2v) is 6.40. The first kappa shape index (κ1) is 21.3. The van der Waals surface area contributed by atoms with Crippen molar-refractivity contribution in [3.8, 4) is 11.5 Å². The number of nitrogens with one attached hydrogen (secondary N) is 2. The molecule has 150 valence electrons. The van der Waals surface area contributed by atoms with Gasteiger partial charge in [0.2, 0.25) is 11.8 Å². The van der Waals surface area contributed by atoms with Gasteiger partial charge < -0.3 is 20.1 Å². The fourth-order valence-electron chi connectivity index (χ4n) is 2.54. The molecule has 2 aromatic carbocycles. The standard InChI is InChI=1S/C22H28N2O4/c1-3-5-22(26)24-18-9-7-17(8-10-18)16-23-21(25)6-4-15-28-20-13-11-19(27-2)12-14-20/h7-14H,3-6,15-16H2,1-2H3,(H,23,25)(H,24,26). The summed E-state index contributed by atoms with van der Waals surface area (Å²) in [6.45, 7) is 2.91. The number of hydrogen-bond donors (Lipinski definition) is 2. The third kappa shape index (κ3) is 7.70. The predicted molar refractivity (Wildman–Crippen MR) is 110 cm³/mol. The fraction of sp³-hybridized carbons (Fsp3) is 0.364. The van der Waals surface area contributed by atoms with Gasteiger partial charge >= 0.3 is 0 Å². The van der Waals surface area contributed by atoms with Gasteiger partial charge in [0, 0.05) is 25.1 Å². The van der Waals surface area contributed by atoms with Gasteiger partial charge in [-0.2, -0.15) is 0 Å². The van der Waals surface area contributed by atoms with Crippen LogP contribution in [-0.4, -0.2) is 25.5 Å². The molecule has 0 aliphatic heterocycles. The number of benzene rings is 2. The third-order valence-corrected chi connectivity index (χ3v) is 4.08. The maximum Gasteiger partial charge on any atom is 0.224 e. The van der Waals surface area contributed by atoms with Crippen LogP contribution in [0.3, 0.4) is 0 Å². The van der Waals surface area contributed by atoms with Crippen LogP contribution in [0.2, 0.25) is 0 Å². The van der Waals surface area contributed by atoms with Crippen molar-refractivity contribution in [2.75, 3.05) is 19.0 Å².